The van der Waals surface area contributed by atoms with Crippen LogP contribution in [0.1, 0.15) is 37.6 Å². The van der Waals surface area contributed by atoms with Crippen LogP contribution in [0, 0.1) is 6.92 Å². The van der Waals surface area contributed by atoms with Crippen LogP contribution in [0.15, 0.2) is 42.5 Å². The van der Waals surface area contributed by atoms with Crippen molar-refractivity contribution in [2.75, 3.05) is 5.32 Å². The zero-order chi connectivity index (χ0) is 21.1. The Labute approximate surface area is 181 Å². The summed E-state index contributed by atoms with van der Waals surface area (Å²) in [6.07, 6.45) is 3.69. The fourth-order valence-electron chi connectivity index (χ4n) is 3.58. The average molecular weight is 425 g/mol. The molecule has 156 valence electrons. The second-order valence-electron chi connectivity index (χ2n) is 7.66. The highest BCUT2D eigenvalue weighted by Crippen LogP contribution is 2.31. The first-order valence-electron chi connectivity index (χ1n) is 10.3. The molecule has 0 saturated heterocycles. The molecule has 0 bridgehead atoms. The van der Waals surface area contributed by atoms with E-state index in [0.29, 0.717) is 16.5 Å². The molecule has 30 heavy (non-hydrogen) atoms. The number of ether oxygens (including phenoxy) is 1. The summed E-state index contributed by atoms with van der Waals surface area (Å²) in [4.78, 5) is 12.6. The first-order valence-corrected chi connectivity index (χ1v) is 10.7. The van der Waals surface area contributed by atoms with Crippen LogP contribution < -0.4 is 10.1 Å². The molecule has 0 spiro atoms. The van der Waals surface area contributed by atoms with Crippen molar-refractivity contribution in [3.05, 3.63) is 58.9 Å². The molecule has 1 aliphatic rings. The summed E-state index contributed by atoms with van der Waals surface area (Å²) in [5, 5.41) is 12.2. The van der Waals surface area contributed by atoms with E-state index >= 15 is 0 Å². The number of anilines is 1. The van der Waals surface area contributed by atoms with E-state index in [1.807, 2.05) is 37.3 Å². The smallest absolute Gasteiger partial charge is 0.265 e. The van der Waals surface area contributed by atoms with E-state index in [9.17, 15) is 4.79 Å². The monoisotopic (exact) mass is 424 g/mol. The van der Waals surface area contributed by atoms with E-state index in [2.05, 4.69) is 20.1 Å². The molecule has 1 aliphatic heterocycles. The van der Waals surface area contributed by atoms with Crippen molar-refractivity contribution in [1.82, 2.24) is 14.8 Å². The van der Waals surface area contributed by atoms with Crippen LogP contribution in [0.5, 0.6) is 5.75 Å². The summed E-state index contributed by atoms with van der Waals surface area (Å²) >= 11 is 6.47. The van der Waals surface area contributed by atoms with E-state index in [4.69, 9.17) is 16.3 Å². The molecule has 3 aromatic rings. The second-order valence-corrected chi connectivity index (χ2v) is 8.07. The maximum absolute atomic E-state index is 12.6. The zero-order valence-corrected chi connectivity index (χ0v) is 17.9. The fourth-order valence-corrected chi connectivity index (χ4v) is 3.78. The van der Waals surface area contributed by atoms with Gasteiger partial charge >= 0.3 is 0 Å². The summed E-state index contributed by atoms with van der Waals surface area (Å²) in [5.74, 6) is 2.17. The third-order valence-electron chi connectivity index (χ3n) is 5.29. The van der Waals surface area contributed by atoms with E-state index in [1.54, 1.807) is 19.1 Å². The number of nitrogens with one attached hydrogen (secondary N) is 1. The number of carbonyl (C=O) groups excluding carboxylic acids is 1. The highest BCUT2D eigenvalue weighted by Gasteiger charge is 2.20. The molecule has 0 aliphatic carbocycles. The summed E-state index contributed by atoms with van der Waals surface area (Å²) < 4.78 is 7.90. The molecular formula is C23H25ClN4O2. The normalized spacial score (nSPS) is 14.5. The van der Waals surface area contributed by atoms with E-state index in [-0.39, 0.29) is 5.91 Å². The number of carbonyl (C=O) groups is 1. The molecule has 0 radical (unpaired) electrons. The summed E-state index contributed by atoms with van der Waals surface area (Å²) in [5.41, 5.74) is 2.55. The molecule has 1 unspecified atom stereocenters. The third kappa shape index (κ3) is 4.49. The molecule has 2 heterocycles. The lowest BCUT2D eigenvalue weighted by Crippen LogP contribution is -2.30. The number of amides is 1. The number of aryl methyl sites for hydroxylation is 2. The summed E-state index contributed by atoms with van der Waals surface area (Å²) in [6.45, 7) is 4.61. The van der Waals surface area contributed by atoms with E-state index in [1.165, 1.54) is 6.42 Å². The Morgan fingerprint density at radius 2 is 1.93 bits per heavy atom. The van der Waals surface area contributed by atoms with Gasteiger partial charge in [-0.2, -0.15) is 0 Å². The number of benzene rings is 2. The maximum atomic E-state index is 12.6. The first kappa shape index (κ1) is 20.4. The van der Waals surface area contributed by atoms with Crippen LogP contribution in [-0.2, 0) is 17.8 Å². The van der Waals surface area contributed by atoms with Crippen molar-refractivity contribution in [2.24, 2.45) is 0 Å². The van der Waals surface area contributed by atoms with Crippen LogP contribution >= 0.6 is 11.6 Å². The van der Waals surface area contributed by atoms with Crippen molar-refractivity contribution in [1.29, 1.82) is 0 Å². The molecule has 0 saturated carbocycles. The van der Waals surface area contributed by atoms with Gasteiger partial charge < -0.3 is 14.6 Å². The molecule has 1 atom stereocenters. The Balaban J connectivity index is 1.51. The maximum Gasteiger partial charge on any atom is 0.265 e. The lowest BCUT2D eigenvalue weighted by atomic mass is 10.1. The van der Waals surface area contributed by atoms with Crippen LogP contribution in [0.2, 0.25) is 5.02 Å². The molecule has 4 rings (SSSR count). The molecule has 7 heteroatoms. The highest BCUT2D eigenvalue weighted by molar-refractivity contribution is 6.33. The predicted octanol–water partition coefficient (Wildman–Crippen LogP) is 5.04. The molecular weight excluding hydrogens is 400 g/mol. The van der Waals surface area contributed by atoms with Crippen molar-refractivity contribution < 1.29 is 9.53 Å². The summed E-state index contributed by atoms with van der Waals surface area (Å²) in [6, 6.07) is 13.0. The van der Waals surface area contributed by atoms with Gasteiger partial charge in [-0.1, -0.05) is 35.7 Å². The number of rotatable bonds is 5. The van der Waals surface area contributed by atoms with E-state index < -0.39 is 6.10 Å². The van der Waals surface area contributed by atoms with Crippen molar-refractivity contribution in [3.8, 4) is 17.1 Å². The molecule has 2 aromatic carbocycles. The Bertz CT molecular complexity index is 1050. The van der Waals surface area contributed by atoms with Crippen LogP contribution in [-0.4, -0.2) is 26.8 Å². The van der Waals surface area contributed by atoms with Gasteiger partial charge in [-0.25, -0.2) is 0 Å². The number of aromatic nitrogens is 3. The van der Waals surface area contributed by atoms with Crippen molar-refractivity contribution in [2.45, 2.75) is 52.2 Å². The highest BCUT2D eigenvalue weighted by atomic mass is 35.5. The van der Waals surface area contributed by atoms with Gasteiger partial charge in [0.1, 0.15) is 11.6 Å². The Morgan fingerprint density at radius 3 is 2.73 bits per heavy atom. The van der Waals surface area contributed by atoms with Crippen LogP contribution in [0.4, 0.5) is 5.69 Å². The zero-order valence-electron chi connectivity index (χ0n) is 17.2. The van der Waals surface area contributed by atoms with Gasteiger partial charge in [-0.15, -0.1) is 10.2 Å². The van der Waals surface area contributed by atoms with Crippen molar-refractivity contribution in [3.63, 3.8) is 0 Å². The molecule has 1 N–H and O–H groups in total. The van der Waals surface area contributed by atoms with Gasteiger partial charge in [-0.05, 0) is 57.0 Å². The number of hydrogen-bond acceptors (Lipinski definition) is 4. The number of nitrogens with zero attached hydrogens (tertiary/aromatic N) is 3. The Morgan fingerprint density at radius 1 is 1.13 bits per heavy atom. The second kappa shape index (κ2) is 8.88. The molecule has 0 fully saturated rings. The average Bonchev–Trinajstić information content (AvgIpc) is 2.98. The Hall–Kier alpha value is -2.86. The minimum absolute atomic E-state index is 0.232. The van der Waals surface area contributed by atoms with Gasteiger partial charge in [0.15, 0.2) is 11.9 Å². The third-order valence-corrected chi connectivity index (χ3v) is 5.62. The fraction of sp³-hybridized carbons (Fsp3) is 0.348. The topological polar surface area (TPSA) is 69.0 Å². The quantitative estimate of drug-likeness (QED) is 0.623. The molecule has 1 amide bonds. The summed E-state index contributed by atoms with van der Waals surface area (Å²) in [7, 11) is 0. The van der Waals surface area contributed by atoms with Gasteiger partial charge in [-0.3, -0.25) is 4.79 Å². The SMILES string of the molecule is Cc1ccc(OC(C)C(=O)Nc2ccc(Cl)c(-c3nnc4n3CCCCC4)c2)cc1. The largest absolute Gasteiger partial charge is 0.481 e. The van der Waals surface area contributed by atoms with E-state index in [0.717, 1.165) is 48.6 Å². The lowest BCUT2D eigenvalue weighted by Gasteiger charge is -2.16. The van der Waals surface area contributed by atoms with Gasteiger partial charge in [0, 0.05) is 24.2 Å². The predicted molar refractivity (Wildman–Crippen MR) is 118 cm³/mol. The number of halogens is 1. The van der Waals surface area contributed by atoms with Crippen LogP contribution in [0.3, 0.4) is 0 Å². The minimum Gasteiger partial charge on any atom is -0.481 e. The van der Waals surface area contributed by atoms with Gasteiger partial charge in [0.2, 0.25) is 0 Å². The molecule has 6 nitrogen and oxygen atoms in total. The number of hydrogen-bond donors (Lipinski definition) is 1. The first-order chi connectivity index (χ1) is 14.5. The van der Waals surface area contributed by atoms with Gasteiger partial charge in [0.25, 0.3) is 5.91 Å². The lowest BCUT2D eigenvalue weighted by molar-refractivity contribution is -0.122. The van der Waals surface area contributed by atoms with Gasteiger partial charge in [0.05, 0.1) is 5.02 Å². The minimum atomic E-state index is -0.642. The van der Waals surface area contributed by atoms with Crippen molar-refractivity contribution >= 4 is 23.2 Å². The standard InChI is InChI=1S/C23H25ClN4O2/c1-15-7-10-18(11-8-15)30-16(2)23(29)25-17-9-12-20(24)19(14-17)22-27-26-21-6-4-3-5-13-28(21)22/h7-12,14,16H,3-6,13H2,1-2H3,(H,25,29). The number of fused-ring (bicyclic) bond motifs is 1. The Kier molecular flexibility index (Phi) is 6.04. The molecule has 1 aromatic heterocycles. The van der Waals surface area contributed by atoms with Crippen LogP contribution in [0.25, 0.3) is 11.4 Å².